The summed E-state index contributed by atoms with van der Waals surface area (Å²) in [5.41, 5.74) is 3.56. The second kappa shape index (κ2) is 7.99. The van der Waals surface area contributed by atoms with Crippen molar-refractivity contribution in [3.8, 4) is 33.9 Å². The first-order chi connectivity index (χ1) is 15.0. The average molecular weight is 459 g/mol. The Morgan fingerprint density at radius 1 is 1.00 bits per heavy atom. The van der Waals surface area contributed by atoms with Gasteiger partial charge in [0.1, 0.15) is 13.2 Å². The van der Waals surface area contributed by atoms with Gasteiger partial charge >= 0.3 is 0 Å². The summed E-state index contributed by atoms with van der Waals surface area (Å²) in [5.74, 6) is 1.05. The molecule has 1 aromatic carbocycles. The fourth-order valence-corrected chi connectivity index (χ4v) is 4.79. The van der Waals surface area contributed by atoms with E-state index >= 15 is 0 Å². The second-order valence-corrected chi connectivity index (χ2v) is 9.20. The quantitative estimate of drug-likeness (QED) is 0.584. The molecule has 1 fully saturated rings. The topological polar surface area (TPSA) is 102 Å². The molecule has 3 aromatic rings. The monoisotopic (exact) mass is 458 g/mol. The van der Waals surface area contributed by atoms with Gasteiger partial charge in [-0.2, -0.15) is 13.1 Å². The van der Waals surface area contributed by atoms with E-state index in [4.69, 9.17) is 21.1 Å². The van der Waals surface area contributed by atoms with Crippen molar-refractivity contribution in [3.05, 3.63) is 53.9 Å². The van der Waals surface area contributed by atoms with Crippen LogP contribution >= 0.6 is 11.6 Å². The summed E-state index contributed by atoms with van der Waals surface area (Å²) in [6.07, 6.45) is 6.83. The SMILES string of the molecule is O=S(=O)(Nc1ccc(-c2cncc(-c3ccnc4c3OCCO4)c2)c(Cl)c1)NC1CC1. The molecule has 0 saturated heterocycles. The van der Waals surface area contributed by atoms with Crippen LogP contribution in [0.5, 0.6) is 11.6 Å². The molecule has 1 aliphatic carbocycles. The van der Waals surface area contributed by atoms with Gasteiger partial charge in [0.15, 0.2) is 5.75 Å². The van der Waals surface area contributed by atoms with Crippen LogP contribution < -0.4 is 18.9 Å². The van der Waals surface area contributed by atoms with Crippen LogP contribution in [-0.4, -0.2) is 37.6 Å². The highest BCUT2D eigenvalue weighted by Crippen LogP contribution is 2.39. The highest BCUT2D eigenvalue weighted by atomic mass is 35.5. The van der Waals surface area contributed by atoms with Crippen molar-refractivity contribution < 1.29 is 17.9 Å². The van der Waals surface area contributed by atoms with E-state index < -0.39 is 10.2 Å². The minimum absolute atomic E-state index is 0.0226. The van der Waals surface area contributed by atoms with E-state index in [0.29, 0.717) is 35.6 Å². The number of hydrogen-bond donors (Lipinski definition) is 2. The molecule has 0 radical (unpaired) electrons. The molecule has 0 spiro atoms. The molecule has 31 heavy (non-hydrogen) atoms. The number of nitrogens with one attached hydrogen (secondary N) is 2. The first-order valence-electron chi connectivity index (χ1n) is 9.78. The maximum absolute atomic E-state index is 12.1. The number of benzene rings is 1. The zero-order valence-corrected chi connectivity index (χ0v) is 17.9. The lowest BCUT2D eigenvalue weighted by molar-refractivity contribution is 0.165. The third kappa shape index (κ3) is 4.43. The predicted molar refractivity (Wildman–Crippen MR) is 118 cm³/mol. The van der Waals surface area contributed by atoms with Gasteiger partial charge in [0, 0.05) is 46.9 Å². The molecular weight excluding hydrogens is 440 g/mol. The third-order valence-corrected chi connectivity index (χ3v) is 6.38. The number of rotatable bonds is 6. The lowest BCUT2D eigenvalue weighted by Crippen LogP contribution is -2.31. The van der Waals surface area contributed by atoms with Crippen LogP contribution in [-0.2, 0) is 10.2 Å². The van der Waals surface area contributed by atoms with E-state index in [1.807, 2.05) is 12.1 Å². The molecule has 0 bridgehead atoms. The van der Waals surface area contributed by atoms with Gasteiger partial charge in [-0.1, -0.05) is 17.7 Å². The Balaban J connectivity index is 1.44. The van der Waals surface area contributed by atoms with Gasteiger partial charge in [0.2, 0.25) is 0 Å². The lowest BCUT2D eigenvalue weighted by Gasteiger charge is -2.20. The highest BCUT2D eigenvalue weighted by molar-refractivity contribution is 7.90. The van der Waals surface area contributed by atoms with E-state index in [-0.39, 0.29) is 6.04 Å². The molecule has 3 heterocycles. The van der Waals surface area contributed by atoms with Crippen molar-refractivity contribution in [1.29, 1.82) is 0 Å². The summed E-state index contributed by atoms with van der Waals surface area (Å²) in [4.78, 5) is 8.56. The van der Waals surface area contributed by atoms with Crippen molar-refractivity contribution in [2.24, 2.45) is 0 Å². The second-order valence-electron chi connectivity index (χ2n) is 7.34. The number of anilines is 1. The van der Waals surface area contributed by atoms with Crippen LogP contribution in [0.3, 0.4) is 0 Å². The minimum atomic E-state index is -3.62. The molecule has 2 aliphatic rings. The molecule has 2 N–H and O–H groups in total. The van der Waals surface area contributed by atoms with Gasteiger partial charge in [-0.15, -0.1) is 0 Å². The molecule has 10 heteroatoms. The summed E-state index contributed by atoms with van der Waals surface area (Å²) in [6, 6.07) is 8.83. The molecule has 0 unspecified atom stereocenters. The number of pyridine rings is 2. The van der Waals surface area contributed by atoms with Gasteiger partial charge < -0.3 is 9.47 Å². The molecule has 1 aliphatic heterocycles. The number of nitrogens with zero attached hydrogens (tertiary/aromatic N) is 2. The van der Waals surface area contributed by atoms with Crippen molar-refractivity contribution in [1.82, 2.24) is 14.7 Å². The highest BCUT2D eigenvalue weighted by Gasteiger charge is 2.27. The molecule has 5 rings (SSSR count). The van der Waals surface area contributed by atoms with Gasteiger partial charge in [-0.05, 0) is 37.1 Å². The van der Waals surface area contributed by atoms with Crippen molar-refractivity contribution >= 4 is 27.5 Å². The molecule has 0 atom stereocenters. The maximum Gasteiger partial charge on any atom is 0.299 e. The summed E-state index contributed by atoms with van der Waals surface area (Å²) in [5, 5.41) is 0.405. The van der Waals surface area contributed by atoms with E-state index in [0.717, 1.165) is 35.1 Å². The molecule has 8 nitrogen and oxygen atoms in total. The molecule has 2 aromatic heterocycles. The van der Waals surface area contributed by atoms with Crippen LogP contribution in [0.2, 0.25) is 5.02 Å². The fourth-order valence-electron chi connectivity index (χ4n) is 3.33. The smallest absolute Gasteiger partial charge is 0.299 e. The Hall–Kier alpha value is -2.88. The average Bonchev–Trinajstić information content (AvgIpc) is 3.56. The number of ether oxygens (including phenoxy) is 2. The largest absolute Gasteiger partial charge is 0.484 e. The molecule has 0 amide bonds. The summed E-state index contributed by atoms with van der Waals surface area (Å²) >= 11 is 6.49. The Morgan fingerprint density at radius 2 is 1.77 bits per heavy atom. The van der Waals surface area contributed by atoms with Gasteiger partial charge in [-0.3, -0.25) is 9.71 Å². The zero-order valence-electron chi connectivity index (χ0n) is 16.3. The van der Waals surface area contributed by atoms with Gasteiger partial charge in [0.05, 0.1) is 10.7 Å². The van der Waals surface area contributed by atoms with Crippen LogP contribution in [0, 0.1) is 0 Å². The molecule has 1 saturated carbocycles. The zero-order chi connectivity index (χ0) is 21.4. The van der Waals surface area contributed by atoms with Crippen LogP contribution in [0.1, 0.15) is 12.8 Å². The Morgan fingerprint density at radius 3 is 2.55 bits per heavy atom. The fraction of sp³-hybridized carbons (Fsp3) is 0.238. The molecule has 160 valence electrons. The number of fused-ring (bicyclic) bond motifs is 1. The van der Waals surface area contributed by atoms with Crippen molar-refractivity contribution in [2.45, 2.75) is 18.9 Å². The van der Waals surface area contributed by atoms with E-state index in [1.54, 1.807) is 36.8 Å². The van der Waals surface area contributed by atoms with Crippen LogP contribution in [0.4, 0.5) is 5.69 Å². The van der Waals surface area contributed by atoms with E-state index in [1.165, 1.54) is 0 Å². The van der Waals surface area contributed by atoms with Crippen LogP contribution in [0.15, 0.2) is 48.9 Å². The minimum Gasteiger partial charge on any atom is -0.484 e. The number of halogens is 1. The summed E-state index contributed by atoms with van der Waals surface area (Å²) in [6.45, 7) is 0.918. The van der Waals surface area contributed by atoms with Crippen molar-refractivity contribution in [3.63, 3.8) is 0 Å². The van der Waals surface area contributed by atoms with Crippen LogP contribution in [0.25, 0.3) is 22.3 Å². The van der Waals surface area contributed by atoms with E-state index in [2.05, 4.69) is 19.4 Å². The predicted octanol–water partition coefficient (Wildman–Crippen LogP) is 3.64. The lowest BCUT2D eigenvalue weighted by atomic mass is 10.0. The normalized spacial score (nSPS) is 15.5. The Bertz CT molecular complexity index is 1250. The van der Waals surface area contributed by atoms with E-state index in [9.17, 15) is 8.42 Å². The summed E-state index contributed by atoms with van der Waals surface area (Å²) in [7, 11) is -3.62. The van der Waals surface area contributed by atoms with Gasteiger partial charge in [0.25, 0.3) is 16.1 Å². The first-order valence-corrected chi connectivity index (χ1v) is 11.6. The number of hydrogen-bond acceptors (Lipinski definition) is 6. The maximum atomic E-state index is 12.1. The molecular formula is C21H19ClN4O4S. The Kier molecular flexibility index (Phi) is 5.17. The third-order valence-electron chi connectivity index (χ3n) is 4.92. The first kappa shape index (κ1) is 20.0. The standard InChI is InChI=1S/C21H19ClN4O4S/c22-19-10-16(26-31(27,28)25-15-1-2-15)3-4-17(19)13-9-14(12-23-11-13)18-5-6-24-21-20(18)29-7-8-30-21/h3-6,9-12,15,25-26H,1-2,7-8H2. The number of aromatic nitrogens is 2. The van der Waals surface area contributed by atoms with Gasteiger partial charge in [-0.25, -0.2) is 4.98 Å². The summed E-state index contributed by atoms with van der Waals surface area (Å²) < 4.78 is 40.7. The van der Waals surface area contributed by atoms with Crippen molar-refractivity contribution in [2.75, 3.05) is 17.9 Å². The Labute approximate surface area is 184 Å².